The minimum absolute atomic E-state index is 0.396. The highest BCUT2D eigenvalue weighted by atomic mass is 15.5. The van der Waals surface area contributed by atoms with Gasteiger partial charge in [-0.05, 0) is 50.4 Å². The third kappa shape index (κ3) is 3.45. The molecular weight excluding hydrogens is 286 g/mol. The van der Waals surface area contributed by atoms with Gasteiger partial charge in [-0.15, -0.1) is 0 Å². The van der Waals surface area contributed by atoms with E-state index in [2.05, 4.69) is 28.1 Å². The Morgan fingerprint density at radius 2 is 1.74 bits per heavy atom. The largest absolute Gasteiger partial charge is 0.328 e. The fourth-order valence-corrected chi connectivity index (χ4v) is 5.61. The van der Waals surface area contributed by atoms with Crippen LogP contribution in [0.5, 0.6) is 0 Å². The Bertz CT molecular complexity index is 397. The summed E-state index contributed by atoms with van der Waals surface area (Å²) in [5.41, 5.74) is 10.0. The molecule has 0 aromatic carbocycles. The maximum atomic E-state index is 6.32. The van der Waals surface area contributed by atoms with Crippen LogP contribution < -0.4 is 21.8 Å². The highest BCUT2D eigenvalue weighted by molar-refractivity contribution is 5.04. The Morgan fingerprint density at radius 1 is 0.913 bits per heavy atom. The van der Waals surface area contributed by atoms with Crippen LogP contribution in [0.4, 0.5) is 0 Å². The number of rotatable bonds is 2. The number of hydrogen-bond acceptors (Lipinski definition) is 5. The molecule has 0 aromatic rings. The zero-order chi connectivity index (χ0) is 15.8. The van der Waals surface area contributed by atoms with Gasteiger partial charge in [-0.25, -0.2) is 5.01 Å². The van der Waals surface area contributed by atoms with Crippen molar-refractivity contribution in [2.24, 2.45) is 17.6 Å². The third-order valence-corrected chi connectivity index (χ3v) is 6.88. The first kappa shape index (κ1) is 16.3. The first-order valence-corrected chi connectivity index (χ1v) is 9.95. The topological polar surface area (TPSA) is 65.3 Å². The average Bonchev–Trinajstić information content (AvgIpc) is 3.01. The van der Waals surface area contributed by atoms with E-state index in [4.69, 9.17) is 5.73 Å². The van der Waals surface area contributed by atoms with Gasteiger partial charge in [0.05, 0.1) is 6.17 Å². The van der Waals surface area contributed by atoms with Gasteiger partial charge in [0, 0.05) is 37.8 Å². The standard InChI is InChI=1S/C18H35N5/c1-23-10-9-16(22-23)17-14-11-13(19)7-8-15(14)20-18(21-17)12-5-3-2-4-6-12/h12-18,20-22H,2-11,19H2,1H3. The lowest BCUT2D eigenvalue weighted by Gasteiger charge is -2.51. The maximum absolute atomic E-state index is 6.32. The average molecular weight is 322 g/mol. The van der Waals surface area contributed by atoms with E-state index in [1.807, 2.05) is 0 Å². The van der Waals surface area contributed by atoms with Crippen molar-refractivity contribution < 1.29 is 0 Å². The summed E-state index contributed by atoms with van der Waals surface area (Å²) >= 11 is 0. The molecule has 2 aliphatic carbocycles. The molecule has 4 fully saturated rings. The molecule has 0 aromatic heterocycles. The Labute approximate surface area is 141 Å². The van der Waals surface area contributed by atoms with Crippen molar-refractivity contribution in [3.8, 4) is 0 Å². The molecule has 2 heterocycles. The van der Waals surface area contributed by atoms with Gasteiger partial charge < -0.3 is 5.73 Å². The first-order valence-electron chi connectivity index (χ1n) is 9.95. The first-order chi connectivity index (χ1) is 11.2. The van der Waals surface area contributed by atoms with Crippen LogP contribution in [0, 0.1) is 11.8 Å². The predicted molar refractivity (Wildman–Crippen MR) is 93.7 cm³/mol. The number of hydrazine groups is 1. The highest BCUT2D eigenvalue weighted by Crippen LogP contribution is 2.35. The van der Waals surface area contributed by atoms with Crippen molar-refractivity contribution in [1.29, 1.82) is 0 Å². The second-order valence-electron chi connectivity index (χ2n) is 8.52. The summed E-state index contributed by atoms with van der Waals surface area (Å²) in [6.07, 6.45) is 12.5. The van der Waals surface area contributed by atoms with Gasteiger partial charge in [0.1, 0.15) is 0 Å². The molecule has 5 N–H and O–H groups in total. The molecule has 0 spiro atoms. The van der Waals surface area contributed by atoms with Crippen molar-refractivity contribution in [2.45, 2.75) is 88.1 Å². The van der Waals surface area contributed by atoms with Gasteiger partial charge in [0.25, 0.3) is 0 Å². The van der Waals surface area contributed by atoms with Crippen LogP contribution in [0.2, 0.25) is 0 Å². The molecule has 5 nitrogen and oxygen atoms in total. The number of fused-ring (bicyclic) bond motifs is 1. The van der Waals surface area contributed by atoms with Crippen molar-refractivity contribution in [2.75, 3.05) is 13.6 Å². The molecule has 0 bridgehead atoms. The lowest BCUT2D eigenvalue weighted by Crippen LogP contribution is -2.71. The summed E-state index contributed by atoms with van der Waals surface area (Å²) < 4.78 is 0. The van der Waals surface area contributed by atoms with Gasteiger partial charge in [-0.1, -0.05) is 19.3 Å². The Morgan fingerprint density at radius 3 is 2.48 bits per heavy atom. The van der Waals surface area contributed by atoms with Crippen LogP contribution in [0.15, 0.2) is 0 Å². The quantitative estimate of drug-likeness (QED) is 0.615. The van der Waals surface area contributed by atoms with Crippen molar-refractivity contribution in [3.05, 3.63) is 0 Å². The molecule has 23 heavy (non-hydrogen) atoms. The summed E-state index contributed by atoms with van der Waals surface area (Å²) in [6.45, 7) is 1.16. The summed E-state index contributed by atoms with van der Waals surface area (Å²) in [6, 6.07) is 2.21. The van der Waals surface area contributed by atoms with E-state index in [9.17, 15) is 0 Å². The van der Waals surface area contributed by atoms with E-state index >= 15 is 0 Å². The molecule has 0 amide bonds. The number of nitrogens with two attached hydrogens (primary N) is 1. The number of hydrogen-bond donors (Lipinski definition) is 4. The van der Waals surface area contributed by atoms with Crippen molar-refractivity contribution >= 4 is 0 Å². The molecule has 4 rings (SSSR count). The Balaban J connectivity index is 1.50. The van der Waals surface area contributed by atoms with Gasteiger partial charge in [0.2, 0.25) is 0 Å². The zero-order valence-electron chi connectivity index (χ0n) is 14.6. The molecule has 2 saturated carbocycles. The fraction of sp³-hybridized carbons (Fsp3) is 1.00. The molecule has 5 heteroatoms. The number of nitrogens with one attached hydrogen (secondary N) is 3. The van der Waals surface area contributed by atoms with Gasteiger partial charge >= 0.3 is 0 Å². The molecule has 6 unspecified atom stereocenters. The zero-order valence-corrected chi connectivity index (χ0v) is 14.6. The molecule has 2 aliphatic heterocycles. The molecular formula is C18H35N5. The minimum atomic E-state index is 0.396. The second-order valence-corrected chi connectivity index (χ2v) is 8.52. The second kappa shape index (κ2) is 6.96. The lowest BCUT2D eigenvalue weighted by atomic mass is 9.72. The van der Waals surface area contributed by atoms with Crippen molar-refractivity contribution in [1.82, 2.24) is 21.1 Å². The maximum Gasteiger partial charge on any atom is 0.0605 e. The van der Waals surface area contributed by atoms with E-state index in [0.29, 0.717) is 36.3 Å². The van der Waals surface area contributed by atoms with Crippen LogP contribution in [0.3, 0.4) is 0 Å². The van der Waals surface area contributed by atoms with E-state index in [-0.39, 0.29) is 0 Å². The fourth-order valence-electron chi connectivity index (χ4n) is 5.61. The van der Waals surface area contributed by atoms with E-state index < -0.39 is 0 Å². The summed E-state index contributed by atoms with van der Waals surface area (Å²) in [4.78, 5) is 0. The molecule has 2 saturated heterocycles. The summed E-state index contributed by atoms with van der Waals surface area (Å²) in [7, 11) is 2.17. The third-order valence-electron chi connectivity index (χ3n) is 6.88. The molecule has 6 atom stereocenters. The molecule has 4 aliphatic rings. The molecule has 132 valence electrons. The summed E-state index contributed by atoms with van der Waals surface area (Å²) in [5, 5.41) is 10.3. The predicted octanol–water partition coefficient (Wildman–Crippen LogP) is 1.16. The normalized spacial score (nSPS) is 46.7. The van der Waals surface area contributed by atoms with Gasteiger partial charge in [-0.3, -0.25) is 16.1 Å². The highest BCUT2D eigenvalue weighted by Gasteiger charge is 2.45. The lowest BCUT2D eigenvalue weighted by molar-refractivity contribution is 0.0567. The van der Waals surface area contributed by atoms with E-state index in [1.54, 1.807) is 0 Å². The Hall–Kier alpha value is -0.200. The van der Waals surface area contributed by atoms with Crippen molar-refractivity contribution in [3.63, 3.8) is 0 Å². The van der Waals surface area contributed by atoms with Gasteiger partial charge in [-0.2, -0.15) is 0 Å². The Kier molecular flexibility index (Phi) is 4.93. The molecule has 0 radical (unpaired) electrons. The van der Waals surface area contributed by atoms with Gasteiger partial charge in [0.15, 0.2) is 0 Å². The smallest absolute Gasteiger partial charge is 0.0605 e. The van der Waals surface area contributed by atoms with Crippen LogP contribution in [0.25, 0.3) is 0 Å². The minimum Gasteiger partial charge on any atom is -0.328 e. The van der Waals surface area contributed by atoms with E-state index in [1.165, 1.54) is 57.8 Å². The van der Waals surface area contributed by atoms with Crippen LogP contribution in [-0.2, 0) is 0 Å². The monoisotopic (exact) mass is 321 g/mol. The van der Waals surface area contributed by atoms with Crippen LogP contribution >= 0.6 is 0 Å². The summed E-state index contributed by atoms with van der Waals surface area (Å²) in [5.74, 6) is 1.50. The van der Waals surface area contributed by atoms with Crippen LogP contribution in [0.1, 0.15) is 57.8 Å². The van der Waals surface area contributed by atoms with Crippen LogP contribution in [-0.4, -0.2) is 48.9 Å². The van der Waals surface area contributed by atoms with E-state index in [0.717, 1.165) is 12.5 Å². The SMILES string of the molecule is CN1CCC(C2NC(C3CCCCC3)NC3CCC(N)CC32)N1. The number of nitrogens with zero attached hydrogens (tertiary/aromatic N) is 1.